The molecule has 2 N–H and O–H groups in total. The molecule has 106 valence electrons. The third kappa shape index (κ3) is 6.73. The second-order valence-electron chi connectivity index (χ2n) is 4.46. The maximum atomic E-state index is 11.3. The van der Waals surface area contributed by atoms with Gasteiger partial charge in [0.1, 0.15) is 6.61 Å². The van der Waals surface area contributed by atoms with Gasteiger partial charge in [0.05, 0.1) is 6.54 Å². The minimum Gasteiger partial charge on any atom is -0.476 e. The lowest BCUT2D eigenvalue weighted by atomic mass is 10.2. The van der Waals surface area contributed by atoms with Gasteiger partial charge >= 0.3 is 0 Å². The highest BCUT2D eigenvalue weighted by atomic mass is 16.5. The number of likely N-dealkylation sites (N-methyl/N-ethyl adjacent to an activating group) is 2. The summed E-state index contributed by atoms with van der Waals surface area (Å²) in [6, 6.07) is 3.70. The monoisotopic (exact) mass is 266 g/mol. The smallest absolute Gasteiger partial charge is 0.234 e. The molecule has 1 aromatic rings. The molecule has 6 nitrogen and oxygen atoms in total. The largest absolute Gasteiger partial charge is 0.476 e. The van der Waals surface area contributed by atoms with Crippen LogP contribution in [-0.4, -0.2) is 56.6 Å². The Morgan fingerprint density at radius 2 is 2.26 bits per heavy atom. The predicted molar refractivity (Wildman–Crippen MR) is 74.1 cm³/mol. The fourth-order valence-corrected chi connectivity index (χ4v) is 1.40. The molecule has 0 spiro atoms. The first-order chi connectivity index (χ1) is 9.11. The summed E-state index contributed by atoms with van der Waals surface area (Å²) in [5.74, 6) is 0.552. The summed E-state index contributed by atoms with van der Waals surface area (Å²) >= 11 is 0. The number of nitrogens with zero attached hydrogens (tertiary/aromatic N) is 2. The van der Waals surface area contributed by atoms with E-state index in [1.54, 1.807) is 13.2 Å². The Hall–Kier alpha value is -1.66. The van der Waals surface area contributed by atoms with E-state index in [0.717, 1.165) is 12.1 Å². The van der Waals surface area contributed by atoms with Crippen LogP contribution in [0.5, 0.6) is 5.88 Å². The van der Waals surface area contributed by atoms with Crippen molar-refractivity contribution in [3.05, 3.63) is 23.9 Å². The van der Waals surface area contributed by atoms with Crippen LogP contribution in [0.3, 0.4) is 0 Å². The highest BCUT2D eigenvalue weighted by Gasteiger charge is 2.02. The van der Waals surface area contributed by atoms with Crippen LogP contribution in [0.2, 0.25) is 0 Å². The molecule has 0 aliphatic rings. The van der Waals surface area contributed by atoms with Crippen molar-refractivity contribution in [3.8, 4) is 5.88 Å². The number of carbonyl (C=O) groups is 1. The van der Waals surface area contributed by atoms with E-state index >= 15 is 0 Å². The summed E-state index contributed by atoms with van der Waals surface area (Å²) in [6.45, 7) is 2.23. The summed E-state index contributed by atoms with van der Waals surface area (Å²) in [5.41, 5.74) is 0.972. The van der Waals surface area contributed by atoms with E-state index in [9.17, 15) is 4.79 Å². The van der Waals surface area contributed by atoms with E-state index in [1.807, 2.05) is 31.1 Å². The Labute approximate surface area is 114 Å². The molecule has 0 bridgehead atoms. The lowest BCUT2D eigenvalue weighted by molar-refractivity contribution is -0.120. The number of aromatic nitrogens is 1. The molecule has 1 heterocycles. The van der Waals surface area contributed by atoms with E-state index in [2.05, 4.69) is 15.6 Å². The second kappa shape index (κ2) is 8.44. The normalized spacial score (nSPS) is 10.5. The fraction of sp³-hybridized carbons (Fsp3) is 0.538. The first-order valence-electron chi connectivity index (χ1n) is 6.25. The third-order valence-electron chi connectivity index (χ3n) is 2.41. The molecule has 0 atom stereocenters. The lowest BCUT2D eigenvalue weighted by Crippen LogP contribution is -2.31. The summed E-state index contributed by atoms with van der Waals surface area (Å²) in [7, 11) is 5.72. The van der Waals surface area contributed by atoms with Gasteiger partial charge < -0.3 is 20.3 Å². The van der Waals surface area contributed by atoms with Crippen molar-refractivity contribution in [2.75, 3.05) is 40.8 Å². The molecule has 0 fully saturated rings. The number of amides is 1. The van der Waals surface area contributed by atoms with Crippen molar-refractivity contribution in [3.63, 3.8) is 0 Å². The van der Waals surface area contributed by atoms with E-state index in [0.29, 0.717) is 25.6 Å². The Balaban J connectivity index is 2.41. The van der Waals surface area contributed by atoms with E-state index in [4.69, 9.17) is 4.74 Å². The predicted octanol–water partition coefficient (Wildman–Crippen LogP) is -0.142. The average Bonchev–Trinajstić information content (AvgIpc) is 2.37. The minimum absolute atomic E-state index is 0.0330. The molecule has 0 saturated carbocycles. The van der Waals surface area contributed by atoms with Crippen molar-refractivity contribution in [1.82, 2.24) is 20.5 Å². The van der Waals surface area contributed by atoms with E-state index in [1.165, 1.54) is 0 Å². The molecular weight excluding hydrogens is 244 g/mol. The molecule has 0 unspecified atom stereocenters. The number of hydrogen-bond donors (Lipinski definition) is 2. The molecule has 0 aromatic carbocycles. The fourth-order valence-electron chi connectivity index (χ4n) is 1.40. The van der Waals surface area contributed by atoms with Gasteiger partial charge in [-0.15, -0.1) is 0 Å². The van der Waals surface area contributed by atoms with E-state index in [-0.39, 0.29) is 5.91 Å². The van der Waals surface area contributed by atoms with Crippen LogP contribution < -0.4 is 15.4 Å². The van der Waals surface area contributed by atoms with Crippen LogP contribution in [0.4, 0.5) is 0 Å². The van der Waals surface area contributed by atoms with Crippen molar-refractivity contribution in [2.45, 2.75) is 6.54 Å². The first-order valence-corrected chi connectivity index (χ1v) is 6.25. The molecule has 0 aliphatic carbocycles. The number of hydrogen-bond acceptors (Lipinski definition) is 5. The SMILES string of the molecule is CNCC(=O)NCc1ccnc(OCCN(C)C)c1. The molecule has 0 aliphatic heterocycles. The summed E-state index contributed by atoms with van der Waals surface area (Å²) in [4.78, 5) is 17.5. The Bertz CT molecular complexity index is 396. The number of carbonyl (C=O) groups excluding carboxylic acids is 1. The molecule has 0 radical (unpaired) electrons. The van der Waals surface area contributed by atoms with Gasteiger partial charge in [-0.2, -0.15) is 0 Å². The average molecular weight is 266 g/mol. The highest BCUT2D eigenvalue weighted by Crippen LogP contribution is 2.09. The zero-order chi connectivity index (χ0) is 14.1. The van der Waals surface area contributed by atoms with Gasteiger partial charge in [0, 0.05) is 25.4 Å². The van der Waals surface area contributed by atoms with Crippen LogP contribution in [0.15, 0.2) is 18.3 Å². The molecule has 0 saturated heterocycles. The molecule has 1 amide bonds. The van der Waals surface area contributed by atoms with Crippen molar-refractivity contribution in [2.24, 2.45) is 0 Å². The van der Waals surface area contributed by atoms with Gasteiger partial charge in [-0.1, -0.05) is 0 Å². The third-order valence-corrected chi connectivity index (χ3v) is 2.41. The number of pyridine rings is 1. The zero-order valence-corrected chi connectivity index (χ0v) is 11.8. The Morgan fingerprint density at radius 3 is 2.95 bits per heavy atom. The van der Waals surface area contributed by atoms with Crippen LogP contribution in [-0.2, 0) is 11.3 Å². The second-order valence-corrected chi connectivity index (χ2v) is 4.46. The zero-order valence-electron chi connectivity index (χ0n) is 11.8. The minimum atomic E-state index is -0.0330. The van der Waals surface area contributed by atoms with Gasteiger partial charge in [-0.05, 0) is 32.8 Å². The molecule has 1 rings (SSSR count). The first kappa shape index (κ1) is 15.4. The van der Waals surface area contributed by atoms with Crippen LogP contribution in [0, 0.1) is 0 Å². The number of nitrogens with one attached hydrogen (secondary N) is 2. The van der Waals surface area contributed by atoms with Crippen molar-refractivity contribution in [1.29, 1.82) is 0 Å². The summed E-state index contributed by atoms with van der Waals surface area (Å²) < 4.78 is 5.53. The van der Waals surface area contributed by atoms with E-state index < -0.39 is 0 Å². The van der Waals surface area contributed by atoms with Crippen molar-refractivity contribution >= 4 is 5.91 Å². The van der Waals surface area contributed by atoms with Crippen molar-refractivity contribution < 1.29 is 9.53 Å². The quantitative estimate of drug-likeness (QED) is 0.685. The van der Waals surface area contributed by atoms with Crippen LogP contribution in [0.1, 0.15) is 5.56 Å². The molecule has 19 heavy (non-hydrogen) atoms. The standard InChI is InChI=1S/C13H22N4O2/c1-14-10-12(18)16-9-11-4-5-15-13(8-11)19-7-6-17(2)3/h4-5,8,14H,6-7,9-10H2,1-3H3,(H,16,18). The highest BCUT2D eigenvalue weighted by molar-refractivity contribution is 5.77. The Morgan fingerprint density at radius 1 is 1.47 bits per heavy atom. The van der Waals surface area contributed by atoms with Gasteiger partial charge in [0.15, 0.2) is 0 Å². The van der Waals surface area contributed by atoms with Gasteiger partial charge in [-0.3, -0.25) is 4.79 Å². The van der Waals surface area contributed by atoms with Crippen LogP contribution in [0.25, 0.3) is 0 Å². The van der Waals surface area contributed by atoms with Crippen LogP contribution >= 0.6 is 0 Å². The van der Waals surface area contributed by atoms with Gasteiger partial charge in [0.25, 0.3) is 0 Å². The molecular formula is C13H22N4O2. The maximum absolute atomic E-state index is 11.3. The molecule has 1 aromatic heterocycles. The summed E-state index contributed by atoms with van der Waals surface area (Å²) in [5, 5.41) is 5.61. The Kier molecular flexibility index (Phi) is 6.84. The number of ether oxygens (including phenoxy) is 1. The number of rotatable bonds is 8. The van der Waals surface area contributed by atoms with Gasteiger partial charge in [-0.25, -0.2) is 4.98 Å². The van der Waals surface area contributed by atoms with Gasteiger partial charge in [0.2, 0.25) is 11.8 Å². The lowest BCUT2D eigenvalue weighted by Gasteiger charge is -2.11. The summed E-state index contributed by atoms with van der Waals surface area (Å²) in [6.07, 6.45) is 1.69. The molecule has 6 heteroatoms. The maximum Gasteiger partial charge on any atom is 0.234 e. The topological polar surface area (TPSA) is 66.5 Å².